The number of aromatic nitrogens is 2. The van der Waals surface area contributed by atoms with Crippen LogP contribution in [0.15, 0.2) is 48.9 Å². The summed E-state index contributed by atoms with van der Waals surface area (Å²) in [6.07, 6.45) is 6.59. The quantitative estimate of drug-likeness (QED) is 0.786. The average Bonchev–Trinajstić information content (AvgIpc) is 2.63. The van der Waals surface area contributed by atoms with Crippen molar-refractivity contribution < 1.29 is 4.79 Å². The highest BCUT2D eigenvalue weighted by atomic mass is 32.2. The van der Waals surface area contributed by atoms with Crippen molar-refractivity contribution in [2.45, 2.75) is 26.8 Å². The molecule has 4 nitrogen and oxygen atoms in total. The van der Waals surface area contributed by atoms with Gasteiger partial charge in [0.15, 0.2) is 0 Å². The van der Waals surface area contributed by atoms with Crippen LogP contribution in [-0.4, -0.2) is 34.8 Å². The Kier molecular flexibility index (Phi) is 15.4. The van der Waals surface area contributed by atoms with Crippen molar-refractivity contribution in [2.24, 2.45) is 0 Å². The van der Waals surface area contributed by atoms with Crippen LogP contribution in [0.4, 0.5) is 0 Å². The van der Waals surface area contributed by atoms with E-state index in [1.807, 2.05) is 49.0 Å². The fraction of sp³-hybridized carbons (Fsp3) is 0.389. The summed E-state index contributed by atoms with van der Waals surface area (Å²) in [5.74, 6) is 2.48. The molecular weight excluding hydrogens is 306 g/mol. The summed E-state index contributed by atoms with van der Waals surface area (Å²) in [5.41, 5.74) is 2.44. The van der Waals surface area contributed by atoms with Gasteiger partial charge >= 0.3 is 0 Å². The maximum Gasteiger partial charge on any atom is 0.106 e. The summed E-state index contributed by atoms with van der Waals surface area (Å²) in [5, 5.41) is 3.45. The van der Waals surface area contributed by atoms with Crippen molar-refractivity contribution in [3.05, 3.63) is 60.2 Å². The minimum Gasteiger partial charge on any atom is -0.313 e. The van der Waals surface area contributed by atoms with E-state index in [2.05, 4.69) is 35.2 Å². The van der Waals surface area contributed by atoms with Gasteiger partial charge in [0.1, 0.15) is 6.79 Å². The lowest BCUT2D eigenvalue weighted by atomic mass is 10.2. The first-order valence-electron chi connectivity index (χ1n) is 7.67. The van der Waals surface area contributed by atoms with Crippen molar-refractivity contribution >= 4 is 18.6 Å². The Labute approximate surface area is 144 Å². The van der Waals surface area contributed by atoms with Gasteiger partial charge in [-0.1, -0.05) is 19.1 Å². The summed E-state index contributed by atoms with van der Waals surface area (Å²) in [6.45, 7) is 8.30. The molecule has 1 N–H and O–H groups in total. The summed E-state index contributed by atoms with van der Waals surface area (Å²) < 4.78 is 0. The Balaban J connectivity index is 0.000000501. The molecule has 2 heterocycles. The lowest BCUT2D eigenvalue weighted by molar-refractivity contribution is -0.0979. The summed E-state index contributed by atoms with van der Waals surface area (Å²) in [6, 6.07) is 9.85. The lowest BCUT2D eigenvalue weighted by Crippen LogP contribution is -2.16. The van der Waals surface area contributed by atoms with Crippen LogP contribution in [0.1, 0.15) is 24.6 Å². The normalized spacial score (nSPS) is 9.13. The largest absolute Gasteiger partial charge is 0.313 e. The van der Waals surface area contributed by atoms with E-state index in [0.29, 0.717) is 0 Å². The first-order valence-corrected chi connectivity index (χ1v) is 8.83. The topological polar surface area (TPSA) is 54.9 Å². The Bertz CT molecular complexity index is 456. The third kappa shape index (κ3) is 12.5. The molecule has 0 fully saturated rings. The van der Waals surface area contributed by atoms with E-state index in [4.69, 9.17) is 4.79 Å². The molecule has 126 valence electrons. The van der Waals surface area contributed by atoms with Gasteiger partial charge in [0.25, 0.3) is 0 Å². The first kappa shape index (κ1) is 21.3. The number of pyridine rings is 2. The molecule has 0 bridgehead atoms. The number of carbonyl (C=O) groups is 1. The van der Waals surface area contributed by atoms with Crippen LogP contribution in [-0.2, 0) is 11.3 Å². The average molecular weight is 334 g/mol. The number of thioether (sulfide) groups is 1. The number of nitrogens with zero attached hydrogens (tertiary/aromatic N) is 2. The monoisotopic (exact) mass is 333 g/mol. The van der Waals surface area contributed by atoms with Crippen LogP contribution in [0, 0.1) is 6.92 Å². The van der Waals surface area contributed by atoms with E-state index in [-0.39, 0.29) is 0 Å². The molecular formula is C18H27N3OS. The van der Waals surface area contributed by atoms with Crippen molar-refractivity contribution in [1.82, 2.24) is 15.3 Å². The molecule has 0 aliphatic carbocycles. The summed E-state index contributed by atoms with van der Waals surface area (Å²) in [7, 11) is 0. The van der Waals surface area contributed by atoms with Gasteiger partial charge in [-0.15, -0.1) is 0 Å². The van der Waals surface area contributed by atoms with Crippen LogP contribution in [0.2, 0.25) is 0 Å². The molecule has 2 aromatic rings. The molecule has 0 aromatic carbocycles. The molecule has 0 saturated heterocycles. The molecule has 0 aliphatic heterocycles. The molecule has 0 saturated carbocycles. The van der Waals surface area contributed by atoms with Gasteiger partial charge in [-0.3, -0.25) is 9.97 Å². The molecule has 0 amide bonds. The second-order valence-electron chi connectivity index (χ2n) is 4.50. The zero-order valence-electron chi connectivity index (χ0n) is 14.1. The third-order valence-electron chi connectivity index (χ3n) is 2.84. The predicted molar refractivity (Wildman–Crippen MR) is 99.7 cm³/mol. The molecule has 0 unspecified atom stereocenters. The van der Waals surface area contributed by atoms with Gasteiger partial charge in [0, 0.05) is 30.8 Å². The number of aryl methyl sites for hydroxylation is 1. The highest BCUT2D eigenvalue weighted by molar-refractivity contribution is 7.99. The second kappa shape index (κ2) is 16.6. The van der Waals surface area contributed by atoms with E-state index < -0.39 is 0 Å². The highest BCUT2D eigenvalue weighted by Crippen LogP contribution is 2.03. The first-order chi connectivity index (χ1) is 11.3. The zero-order valence-corrected chi connectivity index (χ0v) is 14.9. The highest BCUT2D eigenvalue weighted by Gasteiger charge is 1.96. The van der Waals surface area contributed by atoms with Gasteiger partial charge < -0.3 is 10.1 Å². The van der Waals surface area contributed by atoms with E-state index >= 15 is 0 Å². The third-order valence-corrected chi connectivity index (χ3v) is 3.83. The Hall–Kier alpha value is -1.72. The van der Waals surface area contributed by atoms with E-state index in [1.54, 1.807) is 12.4 Å². The van der Waals surface area contributed by atoms with Crippen molar-refractivity contribution in [1.29, 1.82) is 0 Å². The summed E-state index contributed by atoms with van der Waals surface area (Å²) in [4.78, 5) is 16.0. The van der Waals surface area contributed by atoms with Crippen molar-refractivity contribution in [3.8, 4) is 0 Å². The van der Waals surface area contributed by atoms with Crippen LogP contribution in [0.5, 0.6) is 0 Å². The second-order valence-corrected chi connectivity index (χ2v) is 5.89. The Morgan fingerprint density at radius 3 is 2.39 bits per heavy atom. The van der Waals surface area contributed by atoms with Crippen molar-refractivity contribution in [2.75, 3.05) is 18.1 Å². The fourth-order valence-electron chi connectivity index (χ4n) is 1.68. The minimum atomic E-state index is 0.941. The Morgan fingerprint density at radius 2 is 1.87 bits per heavy atom. The molecule has 0 radical (unpaired) electrons. The molecule has 0 aliphatic rings. The van der Waals surface area contributed by atoms with E-state index in [9.17, 15) is 0 Å². The maximum atomic E-state index is 8.00. The number of carbonyl (C=O) groups excluding carboxylic acids is 1. The predicted octanol–water partition coefficient (Wildman–Crippen LogP) is 3.52. The number of rotatable bonds is 7. The van der Waals surface area contributed by atoms with Crippen LogP contribution < -0.4 is 5.32 Å². The fourth-order valence-corrected chi connectivity index (χ4v) is 2.32. The number of hydrogen-bond donors (Lipinski definition) is 1. The van der Waals surface area contributed by atoms with Gasteiger partial charge in [-0.25, -0.2) is 0 Å². The minimum absolute atomic E-state index is 0.941. The molecule has 23 heavy (non-hydrogen) atoms. The SMILES string of the molecule is C=O.CCSCCCNCc1cccnc1C.c1ccncc1. The van der Waals surface area contributed by atoms with Gasteiger partial charge in [0.05, 0.1) is 0 Å². The lowest BCUT2D eigenvalue weighted by Gasteiger charge is -2.06. The Morgan fingerprint density at radius 1 is 1.13 bits per heavy atom. The maximum absolute atomic E-state index is 8.00. The standard InChI is InChI=1S/C12H20N2S.C5H5N.CH2O/c1-3-15-9-5-7-13-10-12-6-4-8-14-11(12)2;1-2-4-6-5-3-1;1-2/h4,6,8,13H,3,5,7,9-10H2,1-2H3;1-5H;1H2. The molecule has 0 atom stereocenters. The molecule has 5 heteroatoms. The summed E-state index contributed by atoms with van der Waals surface area (Å²) >= 11 is 2.01. The van der Waals surface area contributed by atoms with Crippen LogP contribution in [0.25, 0.3) is 0 Å². The number of nitrogens with one attached hydrogen (secondary N) is 1. The van der Waals surface area contributed by atoms with E-state index in [0.717, 1.165) is 18.8 Å². The zero-order chi connectivity index (χ0) is 17.2. The number of hydrogen-bond acceptors (Lipinski definition) is 5. The van der Waals surface area contributed by atoms with Gasteiger partial charge in [-0.2, -0.15) is 11.8 Å². The molecule has 2 rings (SSSR count). The molecule has 2 aromatic heterocycles. The molecule has 0 spiro atoms. The van der Waals surface area contributed by atoms with E-state index in [1.165, 1.54) is 23.5 Å². The smallest absolute Gasteiger partial charge is 0.106 e. The van der Waals surface area contributed by atoms with Gasteiger partial charge in [0.2, 0.25) is 0 Å². The van der Waals surface area contributed by atoms with Gasteiger partial charge in [-0.05, 0) is 55.2 Å². The van der Waals surface area contributed by atoms with Crippen LogP contribution in [0.3, 0.4) is 0 Å². The van der Waals surface area contributed by atoms with Crippen LogP contribution >= 0.6 is 11.8 Å². The van der Waals surface area contributed by atoms with Crippen molar-refractivity contribution in [3.63, 3.8) is 0 Å².